The van der Waals surface area contributed by atoms with E-state index in [1.165, 1.54) is 24.0 Å². The Labute approximate surface area is 369 Å². The normalized spacial score (nSPS) is 18.4. The van der Waals surface area contributed by atoms with Crippen LogP contribution in [0.2, 0.25) is 0 Å². The molecule has 0 spiro atoms. The van der Waals surface area contributed by atoms with Crippen molar-refractivity contribution in [1.82, 2.24) is 25.3 Å². The predicted octanol–water partition coefficient (Wildman–Crippen LogP) is 4.97. The van der Waals surface area contributed by atoms with E-state index in [4.69, 9.17) is 9.47 Å². The highest BCUT2D eigenvalue weighted by molar-refractivity contribution is 5.91. The van der Waals surface area contributed by atoms with Crippen molar-refractivity contribution in [2.24, 2.45) is 23.7 Å². The summed E-state index contributed by atoms with van der Waals surface area (Å²) in [5.74, 6) is -3.20. The quantitative estimate of drug-likeness (QED) is 0.108. The van der Waals surface area contributed by atoms with Gasteiger partial charge in [-0.3, -0.25) is 24.1 Å². The van der Waals surface area contributed by atoms with Gasteiger partial charge in [-0.05, 0) is 60.8 Å². The second kappa shape index (κ2) is 24.2. The summed E-state index contributed by atoms with van der Waals surface area (Å²) in [5, 5.41) is 31.5. The lowest BCUT2D eigenvalue weighted by Crippen LogP contribution is -2.60. The van der Waals surface area contributed by atoms with E-state index in [1.54, 1.807) is 37.9 Å². The number of rotatable bonds is 22. The number of benzene rings is 2. The summed E-state index contributed by atoms with van der Waals surface area (Å²) in [7, 11) is 6.40. The number of amides is 5. The van der Waals surface area contributed by atoms with Crippen LogP contribution in [-0.2, 0) is 35.3 Å². The number of aliphatic hydroxyl groups excluding tert-OH is 2. The van der Waals surface area contributed by atoms with Crippen molar-refractivity contribution in [2.75, 3.05) is 40.1 Å². The number of hydrogen-bond donors (Lipinski definition) is 5. The van der Waals surface area contributed by atoms with Gasteiger partial charge in [0.25, 0.3) is 0 Å². The Morgan fingerprint density at radius 3 is 2.03 bits per heavy atom. The molecule has 10 atom stereocenters. The molecular weight excluding hydrogens is 793 g/mol. The van der Waals surface area contributed by atoms with E-state index in [0.29, 0.717) is 31.4 Å². The maximum Gasteiger partial charge on any atom is 0.410 e. The van der Waals surface area contributed by atoms with Crippen molar-refractivity contribution in [3.8, 4) is 0 Å². The van der Waals surface area contributed by atoms with E-state index in [1.807, 2.05) is 91.1 Å². The third-order valence-corrected chi connectivity index (χ3v) is 12.4. The number of methoxy groups -OCH3 is 1. The fraction of sp³-hybridized carbons (Fsp3) is 0.638. The van der Waals surface area contributed by atoms with Gasteiger partial charge < -0.3 is 45.4 Å². The zero-order valence-corrected chi connectivity index (χ0v) is 39.0. The van der Waals surface area contributed by atoms with Crippen molar-refractivity contribution >= 4 is 35.4 Å². The minimum atomic E-state index is -1.25. The molecule has 5 amide bonds. The van der Waals surface area contributed by atoms with Gasteiger partial charge in [-0.1, -0.05) is 97.4 Å². The highest BCUT2D eigenvalue weighted by Gasteiger charge is 2.43. The molecule has 2 aromatic rings. The number of aliphatic hydroxyl groups is 2. The van der Waals surface area contributed by atoms with E-state index < -0.39 is 72.3 Å². The topological polar surface area (TPSA) is 190 Å². The van der Waals surface area contributed by atoms with Crippen molar-refractivity contribution in [3.63, 3.8) is 0 Å². The molecule has 0 radical (unpaired) electrons. The second-order valence-corrected chi connectivity index (χ2v) is 17.6. The summed E-state index contributed by atoms with van der Waals surface area (Å²) in [6, 6.07) is 12.7. The van der Waals surface area contributed by atoms with Crippen LogP contribution in [0.3, 0.4) is 0 Å². The van der Waals surface area contributed by atoms with Crippen molar-refractivity contribution in [1.29, 1.82) is 0 Å². The lowest BCUT2D eigenvalue weighted by Gasteiger charge is -2.40. The van der Waals surface area contributed by atoms with E-state index in [0.717, 1.165) is 11.3 Å². The van der Waals surface area contributed by atoms with Crippen LogP contribution in [0.5, 0.6) is 0 Å². The van der Waals surface area contributed by atoms with Crippen LogP contribution < -0.4 is 16.0 Å². The smallest absolute Gasteiger partial charge is 0.410 e. The third kappa shape index (κ3) is 13.4. The minimum absolute atomic E-state index is 0.0156. The molecule has 1 saturated heterocycles. The average Bonchev–Trinajstić information content (AvgIpc) is 3.74. The average molecular weight is 867 g/mol. The molecule has 1 aliphatic heterocycles. The summed E-state index contributed by atoms with van der Waals surface area (Å²) < 4.78 is 11.4. The van der Waals surface area contributed by atoms with Crippen molar-refractivity contribution in [3.05, 3.63) is 65.7 Å². The first-order valence-electron chi connectivity index (χ1n) is 22.1. The monoisotopic (exact) mass is 867 g/mol. The lowest BCUT2D eigenvalue weighted by atomic mass is 9.89. The second-order valence-electron chi connectivity index (χ2n) is 17.6. The Kier molecular flexibility index (Phi) is 20.2. The van der Waals surface area contributed by atoms with Gasteiger partial charge in [-0.25, -0.2) is 4.79 Å². The maximum absolute atomic E-state index is 14.4. The van der Waals surface area contributed by atoms with Crippen LogP contribution in [0.15, 0.2) is 54.6 Å². The van der Waals surface area contributed by atoms with Gasteiger partial charge in [-0.15, -0.1) is 0 Å². The molecule has 15 heteroatoms. The van der Waals surface area contributed by atoms with Crippen LogP contribution in [-0.4, -0.2) is 132 Å². The maximum atomic E-state index is 14.4. The molecule has 0 unspecified atom stereocenters. The van der Waals surface area contributed by atoms with Gasteiger partial charge in [0.1, 0.15) is 18.7 Å². The molecule has 2 aromatic carbocycles. The first-order valence-corrected chi connectivity index (χ1v) is 22.1. The zero-order valence-electron chi connectivity index (χ0n) is 39.0. The summed E-state index contributed by atoms with van der Waals surface area (Å²) in [6.07, 6.45) is -1.92. The molecule has 1 aliphatic rings. The molecule has 0 aromatic heterocycles. The Morgan fingerprint density at radius 2 is 1.48 bits per heavy atom. The van der Waals surface area contributed by atoms with Gasteiger partial charge in [0.15, 0.2) is 0 Å². The van der Waals surface area contributed by atoms with E-state index >= 15 is 0 Å². The van der Waals surface area contributed by atoms with E-state index in [9.17, 15) is 34.2 Å². The Hall–Kier alpha value is -4.73. The molecule has 0 aliphatic carbocycles. The van der Waals surface area contributed by atoms with Crippen molar-refractivity contribution in [2.45, 2.75) is 136 Å². The van der Waals surface area contributed by atoms with Gasteiger partial charge in [0, 0.05) is 40.5 Å². The molecule has 0 saturated carbocycles. The van der Waals surface area contributed by atoms with Gasteiger partial charge >= 0.3 is 6.09 Å². The number of nitrogens with zero attached hydrogens (tertiary/aromatic N) is 3. The molecule has 15 nitrogen and oxygen atoms in total. The summed E-state index contributed by atoms with van der Waals surface area (Å²) in [6.45, 7) is 15.0. The Balaban J connectivity index is 1.72. The van der Waals surface area contributed by atoms with Gasteiger partial charge in [0.05, 0.1) is 48.8 Å². The first-order chi connectivity index (χ1) is 29.3. The minimum Gasteiger partial charge on any atom is -0.445 e. The Bertz CT molecular complexity index is 1740. The van der Waals surface area contributed by atoms with Crippen LogP contribution in [0, 0.1) is 23.7 Å². The number of ether oxygens (including phenoxy) is 2. The third-order valence-electron chi connectivity index (χ3n) is 12.4. The largest absolute Gasteiger partial charge is 0.445 e. The number of carbonyl (C=O) groups excluding carboxylic acids is 5. The molecule has 62 heavy (non-hydrogen) atoms. The number of carbonyl (C=O) groups is 5. The highest BCUT2D eigenvalue weighted by atomic mass is 16.6. The first kappa shape index (κ1) is 51.6. The molecule has 1 fully saturated rings. The fourth-order valence-corrected chi connectivity index (χ4v) is 8.51. The van der Waals surface area contributed by atoms with E-state index in [-0.39, 0.29) is 42.6 Å². The molecule has 3 rings (SSSR count). The molecule has 5 N–H and O–H groups in total. The van der Waals surface area contributed by atoms with Gasteiger partial charge in [0.2, 0.25) is 23.6 Å². The molecule has 0 bridgehead atoms. The van der Waals surface area contributed by atoms with Gasteiger partial charge in [-0.2, -0.15) is 0 Å². The highest BCUT2D eigenvalue weighted by Crippen LogP contribution is 2.29. The fourth-order valence-electron chi connectivity index (χ4n) is 8.51. The zero-order chi connectivity index (χ0) is 46.4. The standard InChI is InChI=1S/C47H74N6O9/c1-13-30(6)41(37(54)26-38(55)53-25-17-20-36(53)43(61-12)31(7)44(57)49-32(8)42(56)34-18-15-14-16-19-34)51(10)46(59)39(28(2)3)50-45(58)40(29(4)5)52(11)47(60)62-27-33-21-23-35(48-9)24-22-33/h14-16,18-19,21-24,28-32,36-37,39-43,48,54,56H,13,17,20,25-27H2,1-12H3,(H,49,57)(H,50,58)/t30-,31+,32+,36-,37+,39-,40-,41-,42+,43+/m0/s1. The number of likely N-dealkylation sites (N-methyl/N-ethyl adjacent to an activating group) is 2. The van der Waals surface area contributed by atoms with Crippen LogP contribution in [0.1, 0.15) is 98.3 Å². The van der Waals surface area contributed by atoms with Crippen LogP contribution in [0.4, 0.5) is 10.5 Å². The number of nitrogens with one attached hydrogen (secondary N) is 3. The van der Waals surface area contributed by atoms with Crippen LogP contribution >= 0.6 is 0 Å². The number of likely N-dealkylation sites (tertiary alicyclic amines) is 1. The summed E-state index contributed by atoms with van der Waals surface area (Å²) in [4.78, 5) is 73.5. The predicted molar refractivity (Wildman–Crippen MR) is 240 cm³/mol. The van der Waals surface area contributed by atoms with E-state index in [2.05, 4.69) is 16.0 Å². The number of anilines is 1. The number of hydrogen-bond acceptors (Lipinski definition) is 10. The molecule has 346 valence electrons. The van der Waals surface area contributed by atoms with Crippen LogP contribution in [0.25, 0.3) is 0 Å². The Morgan fingerprint density at radius 1 is 0.855 bits per heavy atom. The summed E-state index contributed by atoms with van der Waals surface area (Å²) >= 11 is 0. The lowest BCUT2D eigenvalue weighted by molar-refractivity contribution is -0.147. The molecule has 1 heterocycles. The SMILES string of the molecule is CC[C@H](C)[C@@H]([C@H](O)CC(=O)N1CCC[C@H]1[C@H](OC)[C@@H](C)C(=O)N[C@H](C)[C@@H](O)c1ccccc1)N(C)C(=O)[C@@H](NC(=O)[C@H](C(C)C)N(C)C(=O)OCc1ccc(NC)cc1)C(C)C. The molecular formula is C47H74N6O9. The van der Waals surface area contributed by atoms with Crippen molar-refractivity contribution < 1.29 is 43.7 Å². The summed E-state index contributed by atoms with van der Waals surface area (Å²) in [5.41, 5.74) is 2.38.